The fourth-order valence-corrected chi connectivity index (χ4v) is 3.71. The molecule has 0 unspecified atom stereocenters. The van der Waals surface area contributed by atoms with Gasteiger partial charge >= 0.3 is 0 Å². The molecule has 1 fully saturated rings. The Morgan fingerprint density at radius 2 is 1.91 bits per heavy atom. The van der Waals surface area contributed by atoms with Crippen molar-refractivity contribution in [1.82, 2.24) is 9.97 Å². The highest BCUT2D eigenvalue weighted by Crippen LogP contribution is 2.38. The van der Waals surface area contributed by atoms with Gasteiger partial charge in [0.15, 0.2) is 0 Å². The van der Waals surface area contributed by atoms with Crippen LogP contribution in [-0.4, -0.2) is 29.7 Å². The molecule has 0 saturated heterocycles. The van der Waals surface area contributed by atoms with Crippen LogP contribution in [0.3, 0.4) is 0 Å². The van der Waals surface area contributed by atoms with Crippen LogP contribution in [0.2, 0.25) is 0 Å². The minimum absolute atomic E-state index is 0.263. The molecule has 3 rings (SSSR count). The van der Waals surface area contributed by atoms with Gasteiger partial charge in [-0.15, -0.1) is 0 Å². The summed E-state index contributed by atoms with van der Waals surface area (Å²) in [5.41, 5.74) is 1.70. The highest BCUT2D eigenvalue weighted by molar-refractivity contribution is 7.90. The molecule has 0 amide bonds. The number of hydrogen-bond acceptors (Lipinski definition) is 5. The minimum Gasteiger partial charge on any atom is -0.367 e. The molecule has 0 bridgehead atoms. The maximum atomic E-state index is 11.7. The van der Waals surface area contributed by atoms with Crippen LogP contribution in [0.4, 0.5) is 5.82 Å². The molecule has 1 heterocycles. The number of nitrogens with one attached hydrogen (secondary N) is 1. The summed E-state index contributed by atoms with van der Waals surface area (Å²) in [6.45, 7) is 0.263. The number of primary sulfonamides is 1. The molecule has 0 spiro atoms. The van der Waals surface area contributed by atoms with E-state index in [-0.39, 0.29) is 6.54 Å². The van der Waals surface area contributed by atoms with E-state index in [1.165, 1.54) is 0 Å². The number of rotatable bonds is 5. The third-order valence-corrected chi connectivity index (χ3v) is 5.92. The first-order valence-corrected chi connectivity index (χ1v) is 8.69. The number of aromatic nitrogens is 2. The van der Waals surface area contributed by atoms with Crippen LogP contribution in [0, 0.1) is 0 Å². The summed E-state index contributed by atoms with van der Waals surface area (Å²) in [6.07, 6.45) is 5.32. The summed E-state index contributed by atoms with van der Waals surface area (Å²) in [7, 11) is -3.57. The summed E-state index contributed by atoms with van der Waals surface area (Å²) >= 11 is 0. The van der Waals surface area contributed by atoms with E-state index in [1.807, 2.05) is 30.3 Å². The van der Waals surface area contributed by atoms with Gasteiger partial charge in [-0.3, -0.25) is 4.98 Å². The monoisotopic (exact) mass is 318 g/mol. The molecule has 2 aromatic rings. The molecule has 3 N–H and O–H groups in total. The van der Waals surface area contributed by atoms with Crippen molar-refractivity contribution < 1.29 is 8.42 Å². The van der Waals surface area contributed by atoms with Crippen LogP contribution in [0.1, 0.15) is 19.3 Å². The Morgan fingerprint density at radius 1 is 1.18 bits per heavy atom. The smallest absolute Gasteiger partial charge is 0.216 e. The number of nitrogens with zero attached hydrogens (tertiary/aromatic N) is 2. The average Bonchev–Trinajstić information content (AvgIpc) is 2.46. The molecule has 116 valence electrons. The molecule has 1 aromatic heterocycles. The largest absolute Gasteiger partial charge is 0.367 e. The summed E-state index contributed by atoms with van der Waals surface area (Å²) in [5.74, 6) is 0.552. The fourth-order valence-electron chi connectivity index (χ4n) is 2.58. The van der Waals surface area contributed by atoms with Gasteiger partial charge in [0.1, 0.15) is 10.6 Å². The van der Waals surface area contributed by atoms with Gasteiger partial charge in [-0.2, -0.15) is 0 Å². The van der Waals surface area contributed by atoms with Crippen LogP contribution >= 0.6 is 0 Å². The number of sulfonamides is 1. The Bertz CT molecular complexity index is 758. The molecule has 6 nitrogen and oxygen atoms in total. The lowest BCUT2D eigenvalue weighted by molar-refractivity contribution is 0.351. The lowest BCUT2D eigenvalue weighted by Crippen LogP contribution is -2.53. The van der Waals surface area contributed by atoms with E-state index in [9.17, 15) is 8.42 Å². The molecule has 1 saturated carbocycles. The van der Waals surface area contributed by atoms with E-state index in [4.69, 9.17) is 5.14 Å². The van der Waals surface area contributed by atoms with Crippen LogP contribution in [-0.2, 0) is 10.0 Å². The number of anilines is 1. The molecule has 0 radical (unpaired) electrons. The first-order chi connectivity index (χ1) is 10.5. The van der Waals surface area contributed by atoms with Gasteiger partial charge in [0.2, 0.25) is 10.0 Å². The second kappa shape index (κ2) is 5.66. The Hall–Kier alpha value is -1.99. The Morgan fingerprint density at radius 3 is 2.50 bits per heavy atom. The van der Waals surface area contributed by atoms with Crippen molar-refractivity contribution in [3.63, 3.8) is 0 Å². The highest BCUT2D eigenvalue weighted by Gasteiger charge is 2.46. The van der Waals surface area contributed by atoms with Crippen molar-refractivity contribution in [1.29, 1.82) is 0 Å². The molecule has 22 heavy (non-hydrogen) atoms. The number of benzene rings is 1. The van der Waals surface area contributed by atoms with Crippen molar-refractivity contribution in [3.8, 4) is 11.3 Å². The van der Waals surface area contributed by atoms with Crippen LogP contribution in [0.15, 0.2) is 42.7 Å². The Kier molecular flexibility index (Phi) is 3.84. The fraction of sp³-hybridized carbons (Fsp3) is 0.333. The number of hydrogen-bond donors (Lipinski definition) is 2. The van der Waals surface area contributed by atoms with Crippen LogP contribution in [0.5, 0.6) is 0 Å². The molecular formula is C15H18N4O2S. The second-order valence-electron chi connectivity index (χ2n) is 5.59. The molecule has 1 aliphatic rings. The van der Waals surface area contributed by atoms with Crippen molar-refractivity contribution in [2.75, 3.05) is 11.9 Å². The summed E-state index contributed by atoms with van der Waals surface area (Å²) < 4.78 is 22.6. The van der Waals surface area contributed by atoms with Crippen molar-refractivity contribution in [2.24, 2.45) is 5.14 Å². The topological polar surface area (TPSA) is 98.0 Å². The predicted molar refractivity (Wildman–Crippen MR) is 85.6 cm³/mol. The van der Waals surface area contributed by atoms with Gasteiger partial charge in [-0.25, -0.2) is 18.5 Å². The molecular weight excluding hydrogens is 300 g/mol. The summed E-state index contributed by atoms with van der Waals surface area (Å²) in [6, 6.07) is 9.70. The normalized spacial score (nSPS) is 16.8. The van der Waals surface area contributed by atoms with E-state index in [0.717, 1.165) is 17.7 Å². The van der Waals surface area contributed by atoms with Crippen molar-refractivity contribution in [2.45, 2.75) is 24.0 Å². The van der Waals surface area contributed by atoms with Crippen molar-refractivity contribution >= 4 is 15.8 Å². The van der Waals surface area contributed by atoms with E-state index >= 15 is 0 Å². The zero-order valence-corrected chi connectivity index (χ0v) is 12.9. The quantitative estimate of drug-likeness (QED) is 0.875. The standard InChI is InChI=1S/C15H18N4O2S/c16-22(20,21)15(7-4-8-15)11-18-14-10-17-9-13(19-14)12-5-2-1-3-6-12/h1-3,5-6,9-10H,4,7-8,11H2,(H,18,19)(H2,16,20,21). The second-order valence-corrected chi connectivity index (χ2v) is 7.55. The van der Waals surface area contributed by atoms with Crippen LogP contribution < -0.4 is 10.5 Å². The van der Waals surface area contributed by atoms with Gasteiger partial charge < -0.3 is 5.32 Å². The summed E-state index contributed by atoms with van der Waals surface area (Å²) in [5, 5.41) is 8.43. The predicted octanol–water partition coefficient (Wildman–Crippen LogP) is 1.77. The first-order valence-electron chi connectivity index (χ1n) is 7.14. The zero-order valence-electron chi connectivity index (χ0n) is 12.1. The van der Waals surface area contributed by atoms with E-state index in [0.29, 0.717) is 18.7 Å². The summed E-state index contributed by atoms with van der Waals surface area (Å²) in [4.78, 5) is 8.64. The van der Waals surface area contributed by atoms with E-state index in [2.05, 4.69) is 15.3 Å². The maximum Gasteiger partial charge on any atom is 0.216 e. The van der Waals surface area contributed by atoms with Gasteiger partial charge in [-0.1, -0.05) is 36.8 Å². The average molecular weight is 318 g/mol. The molecule has 0 aliphatic heterocycles. The molecule has 1 aromatic carbocycles. The van der Waals surface area contributed by atoms with E-state index < -0.39 is 14.8 Å². The van der Waals surface area contributed by atoms with Gasteiger partial charge in [0, 0.05) is 12.1 Å². The first kappa shape index (κ1) is 14.9. The van der Waals surface area contributed by atoms with Gasteiger partial charge in [-0.05, 0) is 12.8 Å². The third-order valence-electron chi connectivity index (χ3n) is 4.16. The Balaban J connectivity index is 1.77. The van der Waals surface area contributed by atoms with Gasteiger partial charge in [0.05, 0.1) is 18.1 Å². The SMILES string of the molecule is NS(=O)(=O)C1(CNc2cncc(-c3ccccc3)n2)CCC1. The van der Waals surface area contributed by atoms with Gasteiger partial charge in [0.25, 0.3) is 0 Å². The van der Waals surface area contributed by atoms with E-state index in [1.54, 1.807) is 12.4 Å². The molecule has 0 atom stereocenters. The zero-order chi connectivity index (χ0) is 15.6. The Labute approximate surface area is 129 Å². The number of nitrogens with two attached hydrogens (primary N) is 1. The lowest BCUT2D eigenvalue weighted by atomic mass is 9.84. The molecule has 7 heteroatoms. The molecule has 1 aliphatic carbocycles. The third kappa shape index (κ3) is 2.82. The van der Waals surface area contributed by atoms with Crippen molar-refractivity contribution in [3.05, 3.63) is 42.7 Å². The highest BCUT2D eigenvalue weighted by atomic mass is 32.2. The minimum atomic E-state index is -3.57. The lowest BCUT2D eigenvalue weighted by Gasteiger charge is -2.39. The van der Waals surface area contributed by atoms with Crippen LogP contribution in [0.25, 0.3) is 11.3 Å². The maximum absolute atomic E-state index is 11.7.